The molecule has 0 spiro atoms. The monoisotopic (exact) mass is 250 g/mol. The number of hydrogen-bond donors (Lipinski definition) is 0. The van der Waals surface area contributed by atoms with Crippen LogP contribution in [0.25, 0.3) is 0 Å². The van der Waals surface area contributed by atoms with E-state index >= 15 is 0 Å². The summed E-state index contributed by atoms with van der Waals surface area (Å²) in [5.74, 6) is 0. The Labute approximate surface area is 66.4 Å². The largest absolute Gasteiger partial charge is 0 e. The molecule has 0 rings (SSSR count). The van der Waals surface area contributed by atoms with Gasteiger partial charge >= 0.3 is 47.6 Å². The summed E-state index contributed by atoms with van der Waals surface area (Å²) in [5.41, 5.74) is 0. The molecule has 0 heterocycles. The van der Waals surface area contributed by atoms with Gasteiger partial charge in [-0.3, -0.25) is 0 Å². The second kappa shape index (κ2) is 20.4. The first-order valence-electron chi connectivity index (χ1n) is 0.204. The molecule has 0 aliphatic carbocycles. The van der Waals surface area contributed by atoms with Crippen molar-refractivity contribution in [3.05, 3.63) is 0 Å². The minimum atomic E-state index is 0. The molecule has 1 nitrogen and oxygen atoms in total. The maximum Gasteiger partial charge on any atom is 0 e. The minimum Gasteiger partial charge on any atom is 0 e. The Balaban J connectivity index is -0.00000000500. The number of rotatable bonds is 0. The van der Waals surface area contributed by atoms with E-state index in [1.165, 1.54) is 0 Å². The van der Waals surface area contributed by atoms with E-state index in [-0.39, 0.29) is 43.4 Å². The fraction of sp³-hybridized carbons (Fsp3) is 0. The summed E-state index contributed by atoms with van der Waals surface area (Å²) in [6, 6.07) is 0. The molecule has 0 aromatic heterocycles. The molecule has 0 aromatic rings. The van der Waals surface area contributed by atoms with Crippen molar-refractivity contribution < 1.29 is 43.2 Å². The molecule has 0 saturated heterocycles. The molecule has 0 unspecified atom stereocenters. The first-order chi connectivity index (χ1) is 1.00. The smallest absolute Gasteiger partial charge is 0 e. The van der Waals surface area contributed by atoms with E-state index in [1.54, 1.807) is 0 Å². The average molecular weight is 250 g/mol. The van der Waals surface area contributed by atoms with Crippen molar-refractivity contribution in [3.8, 4) is 0 Å². The van der Waals surface area contributed by atoms with Crippen LogP contribution in [0, 0.1) is 0 Å². The Bertz CT molecular complexity index is 8.00. The van der Waals surface area contributed by atoms with E-state index in [0.29, 0.717) is 0 Å². The molecule has 0 bridgehead atoms. The summed E-state index contributed by atoms with van der Waals surface area (Å²) in [6.45, 7) is 0. The van der Waals surface area contributed by atoms with E-state index in [9.17, 15) is 0 Å². The summed E-state index contributed by atoms with van der Waals surface area (Å²) in [6.07, 6.45) is 0. The third kappa shape index (κ3) is 9.05. The van der Waals surface area contributed by atoms with E-state index < -0.39 is 0 Å². The molecule has 0 amide bonds. The molecule has 0 N–H and O–H groups in total. The first kappa shape index (κ1) is 16.8. The molecule has 4 heavy (non-hydrogen) atoms. The van der Waals surface area contributed by atoms with Gasteiger partial charge in [0.15, 0.2) is 0 Å². The van der Waals surface area contributed by atoms with Crippen molar-refractivity contribution in [1.29, 1.82) is 0 Å². The first-order valence-corrected chi connectivity index (χ1v) is 0.842. The fourth-order valence-corrected chi connectivity index (χ4v) is 0. The number of hydrogen-bond acceptors (Lipinski definition) is 1. The van der Waals surface area contributed by atoms with E-state index in [4.69, 9.17) is 3.32 Å². The van der Waals surface area contributed by atoms with Gasteiger partial charge in [-0.1, -0.05) is 0 Å². The van der Waals surface area contributed by atoms with Crippen LogP contribution in [0.5, 0.6) is 0 Å². The summed E-state index contributed by atoms with van der Waals surface area (Å²) in [4.78, 5) is 0. The van der Waals surface area contributed by atoms with Gasteiger partial charge in [0.25, 0.3) is 0 Å². The van der Waals surface area contributed by atoms with Crippen LogP contribution in [0.1, 0.15) is 0 Å². The summed E-state index contributed by atoms with van der Waals surface area (Å²) in [5, 5.41) is 0. The van der Waals surface area contributed by atoms with Crippen LogP contribution in [0.3, 0.4) is 0 Å². The SMILES string of the molecule is [O]=[Ti].[SnH2].[Zn]. The second-order valence-corrected chi connectivity index (χ2v) is 0. The van der Waals surface area contributed by atoms with Crippen LogP contribution in [-0.2, 0) is 43.2 Å². The van der Waals surface area contributed by atoms with E-state index in [2.05, 4.69) is 0 Å². The molecule has 0 aliphatic heterocycles. The Morgan fingerprint density at radius 3 is 1.25 bits per heavy atom. The van der Waals surface area contributed by atoms with Crippen molar-refractivity contribution in [2.45, 2.75) is 0 Å². The molecule has 4 heteroatoms. The van der Waals surface area contributed by atoms with E-state index in [0.717, 1.165) is 20.4 Å². The average Bonchev–Trinajstić information content (AvgIpc) is 1.00. The molecule has 0 aromatic carbocycles. The van der Waals surface area contributed by atoms with Gasteiger partial charge in [0.2, 0.25) is 0 Å². The zero-order valence-electron chi connectivity index (χ0n) is 2.32. The van der Waals surface area contributed by atoms with Gasteiger partial charge in [-0.25, -0.2) is 0 Å². The predicted octanol–water partition coefficient (Wildman–Crippen LogP) is -1.04. The van der Waals surface area contributed by atoms with Crippen LogP contribution in [0.4, 0.5) is 0 Å². The third-order valence-corrected chi connectivity index (χ3v) is 0. The summed E-state index contributed by atoms with van der Waals surface area (Å²) >= 11 is 0.750. The maximum atomic E-state index is 8.25. The molecule has 0 aliphatic rings. The Morgan fingerprint density at radius 1 is 1.25 bits per heavy atom. The molecule has 0 fully saturated rings. The molecular formula is H2OSnTiZn. The second-order valence-electron chi connectivity index (χ2n) is 0. The standard InChI is InChI=1S/O.Sn.Ti.Zn.2H. The van der Waals surface area contributed by atoms with Crippen molar-refractivity contribution in [2.75, 3.05) is 0 Å². The van der Waals surface area contributed by atoms with Crippen LogP contribution < -0.4 is 0 Å². The normalized spacial score (nSPS) is 0.750. The molecule has 18 valence electrons. The summed E-state index contributed by atoms with van der Waals surface area (Å²) < 4.78 is 8.25. The molecular weight excluding hydrogens is 248 g/mol. The van der Waals surface area contributed by atoms with Gasteiger partial charge in [-0.2, -0.15) is 0 Å². The van der Waals surface area contributed by atoms with Crippen LogP contribution in [-0.4, -0.2) is 23.9 Å². The van der Waals surface area contributed by atoms with Crippen LogP contribution >= 0.6 is 0 Å². The van der Waals surface area contributed by atoms with E-state index in [1.807, 2.05) is 0 Å². The fourth-order valence-electron chi connectivity index (χ4n) is 0. The van der Waals surface area contributed by atoms with Gasteiger partial charge in [0.1, 0.15) is 0 Å². The summed E-state index contributed by atoms with van der Waals surface area (Å²) in [7, 11) is 0. The van der Waals surface area contributed by atoms with Crippen LogP contribution in [0.2, 0.25) is 0 Å². The molecule has 0 atom stereocenters. The molecule has 0 saturated carbocycles. The maximum absolute atomic E-state index is 8.25. The Morgan fingerprint density at radius 2 is 1.25 bits per heavy atom. The topological polar surface area (TPSA) is 17.1 Å². The Hall–Kier alpha value is 1.94. The van der Waals surface area contributed by atoms with Gasteiger partial charge in [-0.15, -0.1) is 0 Å². The van der Waals surface area contributed by atoms with Gasteiger partial charge in [0.05, 0.1) is 0 Å². The zero-order valence-corrected chi connectivity index (χ0v) is 10.9. The van der Waals surface area contributed by atoms with Crippen molar-refractivity contribution in [1.82, 2.24) is 0 Å². The minimum absolute atomic E-state index is 0. The third-order valence-electron chi connectivity index (χ3n) is 0. The van der Waals surface area contributed by atoms with Crippen molar-refractivity contribution in [2.24, 2.45) is 0 Å². The quantitative estimate of drug-likeness (QED) is 0.502. The van der Waals surface area contributed by atoms with Crippen molar-refractivity contribution in [3.63, 3.8) is 0 Å². The van der Waals surface area contributed by atoms with Crippen molar-refractivity contribution >= 4 is 23.9 Å². The zero-order chi connectivity index (χ0) is 2.00. The predicted molar refractivity (Wildman–Crippen MR) is 9.23 cm³/mol. The van der Waals surface area contributed by atoms with Gasteiger partial charge in [0, 0.05) is 19.5 Å². The van der Waals surface area contributed by atoms with Gasteiger partial charge < -0.3 is 0 Å². The molecule has 2 radical (unpaired) electrons. The van der Waals surface area contributed by atoms with Crippen LogP contribution in [0.15, 0.2) is 0 Å². The Kier molecular flexibility index (Phi) is 85.6. The van der Waals surface area contributed by atoms with Gasteiger partial charge in [-0.05, 0) is 0 Å².